The first kappa shape index (κ1) is 17.9. The zero-order valence-corrected chi connectivity index (χ0v) is 12.4. The lowest BCUT2D eigenvalue weighted by atomic mass is 10.1. The van der Waals surface area contributed by atoms with Gasteiger partial charge >= 0.3 is 6.18 Å². The average Bonchev–Trinajstić information content (AvgIpc) is 2.41. The van der Waals surface area contributed by atoms with Crippen molar-refractivity contribution in [1.29, 1.82) is 0 Å². The predicted octanol–water partition coefficient (Wildman–Crippen LogP) is 2.76. The number of aliphatic hydroxyl groups excluding tert-OH is 1. The van der Waals surface area contributed by atoms with Crippen LogP contribution in [0.1, 0.15) is 12.5 Å². The van der Waals surface area contributed by atoms with E-state index in [1.807, 2.05) is 6.92 Å². The van der Waals surface area contributed by atoms with E-state index < -0.39 is 18.9 Å². The van der Waals surface area contributed by atoms with E-state index in [1.54, 1.807) is 6.07 Å². The fraction of sp³-hybridized carbons (Fsp3) is 0.538. The van der Waals surface area contributed by atoms with Gasteiger partial charge in [0, 0.05) is 23.2 Å². The summed E-state index contributed by atoms with van der Waals surface area (Å²) in [6, 6.07) is 3.01. The third kappa shape index (κ3) is 5.26. The van der Waals surface area contributed by atoms with Crippen molar-refractivity contribution in [2.45, 2.75) is 25.7 Å². The van der Waals surface area contributed by atoms with E-state index in [9.17, 15) is 13.2 Å². The van der Waals surface area contributed by atoms with Crippen LogP contribution in [0.5, 0.6) is 11.5 Å². The SMILES string of the molecule is CCNCc1cc(Cl)cc(OC)c1OCC(O)C(F)(F)F. The summed E-state index contributed by atoms with van der Waals surface area (Å²) in [4.78, 5) is 0. The summed E-state index contributed by atoms with van der Waals surface area (Å²) in [5.41, 5.74) is 0.551. The largest absolute Gasteiger partial charge is 0.493 e. The molecule has 0 bridgehead atoms. The van der Waals surface area contributed by atoms with Crippen LogP contribution in [0.15, 0.2) is 12.1 Å². The van der Waals surface area contributed by atoms with Gasteiger partial charge in [0.05, 0.1) is 7.11 Å². The highest BCUT2D eigenvalue weighted by Crippen LogP contribution is 2.35. The molecule has 120 valence electrons. The van der Waals surface area contributed by atoms with Crippen molar-refractivity contribution >= 4 is 11.6 Å². The fourth-order valence-electron chi connectivity index (χ4n) is 1.59. The van der Waals surface area contributed by atoms with Gasteiger partial charge in [-0.3, -0.25) is 0 Å². The second-order valence-corrected chi connectivity index (χ2v) is 4.68. The minimum atomic E-state index is -4.73. The normalized spacial score (nSPS) is 13.1. The van der Waals surface area contributed by atoms with E-state index in [1.165, 1.54) is 13.2 Å². The lowest BCUT2D eigenvalue weighted by molar-refractivity contribution is -0.210. The zero-order chi connectivity index (χ0) is 16.0. The summed E-state index contributed by atoms with van der Waals surface area (Å²) >= 11 is 5.92. The van der Waals surface area contributed by atoms with Gasteiger partial charge in [0.15, 0.2) is 17.6 Å². The highest BCUT2D eigenvalue weighted by molar-refractivity contribution is 6.30. The second kappa shape index (κ2) is 7.72. The van der Waals surface area contributed by atoms with Gasteiger partial charge in [0.1, 0.15) is 6.61 Å². The van der Waals surface area contributed by atoms with Gasteiger partial charge in [-0.1, -0.05) is 18.5 Å². The molecular formula is C13H17ClF3NO3. The maximum absolute atomic E-state index is 12.3. The van der Waals surface area contributed by atoms with Crippen molar-refractivity contribution < 1.29 is 27.8 Å². The van der Waals surface area contributed by atoms with Crippen LogP contribution in [0.2, 0.25) is 5.02 Å². The number of hydrogen-bond donors (Lipinski definition) is 2. The van der Waals surface area contributed by atoms with Crippen LogP contribution >= 0.6 is 11.6 Å². The number of benzene rings is 1. The van der Waals surface area contributed by atoms with Crippen LogP contribution in [0.25, 0.3) is 0 Å². The molecule has 0 radical (unpaired) electrons. The molecule has 0 spiro atoms. The zero-order valence-electron chi connectivity index (χ0n) is 11.6. The first-order valence-electron chi connectivity index (χ1n) is 6.24. The molecule has 1 atom stereocenters. The van der Waals surface area contributed by atoms with E-state index >= 15 is 0 Å². The Morgan fingerprint density at radius 1 is 1.38 bits per heavy atom. The summed E-state index contributed by atoms with van der Waals surface area (Å²) in [6.07, 6.45) is -7.30. The van der Waals surface area contributed by atoms with Crippen molar-refractivity contribution in [1.82, 2.24) is 5.32 Å². The molecule has 0 aromatic heterocycles. The Bertz CT molecular complexity index is 469. The average molecular weight is 328 g/mol. The number of halogens is 4. The molecule has 1 unspecified atom stereocenters. The Labute approximate surface area is 125 Å². The molecule has 0 aliphatic rings. The topological polar surface area (TPSA) is 50.7 Å². The molecule has 2 N–H and O–H groups in total. The Morgan fingerprint density at radius 3 is 2.57 bits per heavy atom. The lowest BCUT2D eigenvalue weighted by Gasteiger charge is -2.19. The molecule has 0 aliphatic carbocycles. The molecule has 1 aromatic carbocycles. The lowest BCUT2D eigenvalue weighted by Crippen LogP contribution is -2.34. The maximum Gasteiger partial charge on any atom is 0.417 e. The number of nitrogens with one attached hydrogen (secondary N) is 1. The molecule has 0 heterocycles. The maximum atomic E-state index is 12.3. The monoisotopic (exact) mass is 327 g/mol. The Hall–Kier alpha value is -1.18. The molecule has 8 heteroatoms. The third-order valence-corrected chi connectivity index (χ3v) is 2.86. The molecule has 0 fully saturated rings. The summed E-state index contributed by atoms with van der Waals surface area (Å²) < 4.78 is 47.1. The van der Waals surface area contributed by atoms with Crippen LogP contribution < -0.4 is 14.8 Å². The number of aliphatic hydroxyl groups is 1. The molecule has 1 aromatic rings. The Balaban J connectivity index is 2.96. The molecule has 1 rings (SSSR count). The number of methoxy groups -OCH3 is 1. The van der Waals surface area contributed by atoms with Gasteiger partial charge in [-0.05, 0) is 12.6 Å². The molecule has 0 amide bonds. The summed E-state index contributed by atoms with van der Waals surface area (Å²) in [7, 11) is 1.36. The highest BCUT2D eigenvalue weighted by Gasteiger charge is 2.39. The fourth-order valence-corrected chi connectivity index (χ4v) is 1.82. The van der Waals surface area contributed by atoms with Gasteiger partial charge in [-0.2, -0.15) is 13.2 Å². The van der Waals surface area contributed by atoms with E-state index in [4.69, 9.17) is 26.2 Å². The van der Waals surface area contributed by atoms with Crippen LogP contribution in [0.4, 0.5) is 13.2 Å². The van der Waals surface area contributed by atoms with Gasteiger partial charge in [-0.15, -0.1) is 0 Å². The van der Waals surface area contributed by atoms with Crippen LogP contribution in [0.3, 0.4) is 0 Å². The van der Waals surface area contributed by atoms with E-state index in [-0.39, 0.29) is 11.5 Å². The molecule has 21 heavy (non-hydrogen) atoms. The third-order valence-electron chi connectivity index (χ3n) is 2.65. The predicted molar refractivity (Wildman–Crippen MR) is 72.9 cm³/mol. The molecule has 0 aliphatic heterocycles. The first-order chi connectivity index (χ1) is 9.79. The summed E-state index contributed by atoms with van der Waals surface area (Å²) in [6.45, 7) is 1.99. The number of alkyl halides is 3. The van der Waals surface area contributed by atoms with Crippen molar-refractivity contribution in [3.05, 3.63) is 22.7 Å². The van der Waals surface area contributed by atoms with Crippen LogP contribution in [0, 0.1) is 0 Å². The number of rotatable bonds is 7. The summed E-state index contributed by atoms with van der Waals surface area (Å²) in [5.74, 6) is 0.343. The smallest absolute Gasteiger partial charge is 0.417 e. The first-order valence-corrected chi connectivity index (χ1v) is 6.62. The van der Waals surface area contributed by atoms with Crippen molar-refractivity contribution in [3.63, 3.8) is 0 Å². The van der Waals surface area contributed by atoms with Gasteiger partial charge < -0.3 is 19.9 Å². The van der Waals surface area contributed by atoms with E-state index in [2.05, 4.69) is 5.32 Å². The number of hydrogen-bond acceptors (Lipinski definition) is 4. The molecular weight excluding hydrogens is 311 g/mol. The molecule has 0 saturated carbocycles. The van der Waals surface area contributed by atoms with Crippen molar-refractivity contribution in [2.24, 2.45) is 0 Å². The quantitative estimate of drug-likeness (QED) is 0.808. The van der Waals surface area contributed by atoms with E-state index in [0.717, 1.165) is 0 Å². The summed E-state index contributed by atoms with van der Waals surface area (Å²) in [5, 5.41) is 12.4. The van der Waals surface area contributed by atoms with Crippen molar-refractivity contribution in [3.8, 4) is 11.5 Å². The van der Waals surface area contributed by atoms with Gasteiger partial charge in [-0.25, -0.2) is 0 Å². The van der Waals surface area contributed by atoms with Crippen LogP contribution in [-0.4, -0.2) is 37.6 Å². The van der Waals surface area contributed by atoms with Crippen molar-refractivity contribution in [2.75, 3.05) is 20.3 Å². The minimum Gasteiger partial charge on any atom is -0.493 e. The van der Waals surface area contributed by atoms with Gasteiger partial charge in [0.2, 0.25) is 0 Å². The second-order valence-electron chi connectivity index (χ2n) is 4.25. The van der Waals surface area contributed by atoms with E-state index in [0.29, 0.717) is 23.7 Å². The van der Waals surface area contributed by atoms with Gasteiger partial charge in [0.25, 0.3) is 0 Å². The molecule has 4 nitrogen and oxygen atoms in total. The minimum absolute atomic E-state index is 0.131. The Kier molecular flexibility index (Phi) is 6.57. The van der Waals surface area contributed by atoms with Crippen LogP contribution in [-0.2, 0) is 6.54 Å². The highest BCUT2D eigenvalue weighted by atomic mass is 35.5. The Morgan fingerprint density at radius 2 is 2.05 bits per heavy atom. The standard InChI is InChI=1S/C13H17ClF3NO3/c1-3-18-6-8-4-9(14)5-10(20-2)12(8)21-7-11(19)13(15,16)17/h4-5,11,18-19H,3,6-7H2,1-2H3. The number of ether oxygens (including phenoxy) is 2. The molecule has 0 saturated heterocycles.